The third-order valence-electron chi connectivity index (χ3n) is 8.04. The molecular formula is C41H42N4O2. The van der Waals surface area contributed by atoms with Gasteiger partial charge in [0.15, 0.2) is 0 Å². The molecule has 0 saturated heterocycles. The van der Waals surface area contributed by atoms with Gasteiger partial charge in [0, 0.05) is 34.7 Å². The minimum atomic E-state index is -0.197. The molecule has 0 amide bonds. The summed E-state index contributed by atoms with van der Waals surface area (Å²) in [5.41, 5.74) is 8.00. The molecule has 238 valence electrons. The lowest BCUT2D eigenvalue weighted by Gasteiger charge is -2.23. The predicted octanol–water partition coefficient (Wildman–Crippen LogP) is 10.1. The molecule has 0 saturated carbocycles. The zero-order valence-electron chi connectivity index (χ0n) is 28.2. The molecule has 0 aliphatic heterocycles. The van der Waals surface area contributed by atoms with Gasteiger partial charge in [-0.25, -0.2) is 9.97 Å². The first-order chi connectivity index (χ1) is 22.3. The van der Waals surface area contributed by atoms with Crippen LogP contribution in [-0.2, 0) is 10.8 Å². The summed E-state index contributed by atoms with van der Waals surface area (Å²) in [6, 6.07) is 25.0. The van der Waals surface area contributed by atoms with Gasteiger partial charge in [0.1, 0.15) is 11.5 Å². The average molecular weight is 623 g/mol. The molecule has 0 bridgehead atoms. The zero-order valence-corrected chi connectivity index (χ0v) is 28.2. The summed E-state index contributed by atoms with van der Waals surface area (Å²) in [6.45, 7) is 18.5. The minimum absolute atomic E-state index is 0.0917. The van der Waals surface area contributed by atoms with Gasteiger partial charge in [0.05, 0.1) is 34.2 Å². The number of aromatic nitrogens is 3. The van der Waals surface area contributed by atoms with E-state index in [0.717, 1.165) is 11.1 Å². The van der Waals surface area contributed by atoms with Gasteiger partial charge in [-0.15, -0.1) is 0 Å². The Hall–Kier alpha value is -5.36. The summed E-state index contributed by atoms with van der Waals surface area (Å²) in [6.07, 6.45) is 6.94. The van der Waals surface area contributed by atoms with Crippen molar-refractivity contribution in [2.24, 2.45) is 4.99 Å². The number of allylic oxidation sites excluding steroid dienone is 2. The Morgan fingerprint density at radius 2 is 1.15 bits per heavy atom. The van der Waals surface area contributed by atoms with Gasteiger partial charge in [0.25, 0.3) is 0 Å². The molecule has 0 radical (unpaired) electrons. The summed E-state index contributed by atoms with van der Waals surface area (Å²) in [5.74, 6) is 0.214. The molecule has 47 heavy (non-hydrogen) atoms. The van der Waals surface area contributed by atoms with Gasteiger partial charge in [-0.1, -0.05) is 72.4 Å². The number of benzene rings is 2. The number of nitrogens with zero attached hydrogens (tertiary/aromatic N) is 4. The highest BCUT2D eigenvalue weighted by Gasteiger charge is 2.24. The fourth-order valence-electron chi connectivity index (χ4n) is 5.35. The third kappa shape index (κ3) is 7.07. The second kappa shape index (κ2) is 13.2. The van der Waals surface area contributed by atoms with E-state index in [4.69, 9.17) is 9.97 Å². The second-order valence-corrected chi connectivity index (χ2v) is 13.6. The van der Waals surface area contributed by atoms with E-state index in [1.54, 1.807) is 6.20 Å². The van der Waals surface area contributed by atoms with E-state index in [-0.39, 0.29) is 22.3 Å². The van der Waals surface area contributed by atoms with Crippen LogP contribution in [0.5, 0.6) is 11.5 Å². The van der Waals surface area contributed by atoms with Crippen LogP contribution >= 0.6 is 0 Å². The van der Waals surface area contributed by atoms with E-state index in [2.05, 4.69) is 58.1 Å². The van der Waals surface area contributed by atoms with Crippen molar-refractivity contribution in [3.63, 3.8) is 0 Å². The van der Waals surface area contributed by atoms with Gasteiger partial charge < -0.3 is 10.2 Å². The first kappa shape index (κ1) is 33.0. The number of phenolic OH excluding ortho intramolecular Hbond substituents is 2. The fourth-order valence-corrected chi connectivity index (χ4v) is 5.35. The molecule has 5 rings (SSSR count). The minimum Gasteiger partial charge on any atom is -0.507 e. The third-order valence-corrected chi connectivity index (χ3v) is 8.04. The molecule has 0 unspecified atom stereocenters. The zero-order chi connectivity index (χ0) is 33.9. The summed E-state index contributed by atoms with van der Waals surface area (Å²) in [5, 5.41) is 23.2. The van der Waals surface area contributed by atoms with Gasteiger partial charge in [-0.05, 0) is 95.6 Å². The predicted molar refractivity (Wildman–Crippen MR) is 194 cm³/mol. The summed E-state index contributed by atoms with van der Waals surface area (Å²) in [4.78, 5) is 18.9. The molecule has 5 aromatic rings. The molecule has 3 heterocycles. The lowest BCUT2D eigenvalue weighted by molar-refractivity contribution is 0.474. The van der Waals surface area contributed by atoms with Crippen molar-refractivity contribution in [1.82, 2.24) is 15.0 Å². The molecule has 6 nitrogen and oxygen atoms in total. The molecule has 6 heteroatoms. The van der Waals surface area contributed by atoms with Crippen LogP contribution in [0, 0.1) is 0 Å². The van der Waals surface area contributed by atoms with Crippen LogP contribution in [0.4, 0.5) is 0 Å². The van der Waals surface area contributed by atoms with Crippen molar-refractivity contribution in [3.05, 3.63) is 127 Å². The Kier molecular flexibility index (Phi) is 9.25. The monoisotopic (exact) mass is 622 g/mol. The van der Waals surface area contributed by atoms with Crippen LogP contribution in [0.3, 0.4) is 0 Å². The van der Waals surface area contributed by atoms with Gasteiger partial charge in [0.2, 0.25) is 0 Å². The van der Waals surface area contributed by atoms with Crippen molar-refractivity contribution in [2.45, 2.75) is 59.3 Å². The van der Waals surface area contributed by atoms with Gasteiger partial charge in [-0.2, -0.15) is 0 Å². The molecular weight excluding hydrogens is 580 g/mol. The lowest BCUT2D eigenvalue weighted by atomic mass is 9.83. The first-order valence-corrected chi connectivity index (χ1v) is 15.7. The van der Waals surface area contributed by atoms with Crippen molar-refractivity contribution in [2.75, 3.05) is 0 Å². The maximum atomic E-state index is 11.6. The highest BCUT2D eigenvalue weighted by Crippen LogP contribution is 2.42. The van der Waals surface area contributed by atoms with E-state index < -0.39 is 0 Å². The molecule has 0 spiro atoms. The molecule has 2 N–H and O–H groups in total. The van der Waals surface area contributed by atoms with Crippen molar-refractivity contribution in [1.29, 1.82) is 0 Å². The first-order valence-electron chi connectivity index (χ1n) is 15.7. The van der Waals surface area contributed by atoms with E-state index >= 15 is 0 Å². The van der Waals surface area contributed by atoms with Crippen molar-refractivity contribution in [3.8, 4) is 56.7 Å². The number of hydrogen-bond donors (Lipinski definition) is 2. The van der Waals surface area contributed by atoms with E-state index in [1.807, 2.05) is 97.9 Å². The van der Waals surface area contributed by atoms with Crippen LogP contribution in [0.1, 0.15) is 65.2 Å². The molecule has 2 aromatic carbocycles. The Balaban J connectivity index is 1.66. The highest BCUT2D eigenvalue weighted by atomic mass is 16.3. The standard InChI is InChI=1S/C41H42N4O2/c1-9-15-32(42-10-2)28-22-26(40(3,4)5)24-30(38(28)46)34-17-13-19-36(44-34)37-20-14-18-35(45-37)31-25-27(41(6,7)8)23-29(39(31)47)33-16-11-12-21-43-33/h9-25,46-47H,2H2,1,3-8H3/b15-9-,42-32?. The summed E-state index contributed by atoms with van der Waals surface area (Å²) in [7, 11) is 0. The van der Waals surface area contributed by atoms with Crippen LogP contribution in [-0.4, -0.2) is 30.9 Å². The van der Waals surface area contributed by atoms with Crippen molar-refractivity contribution >= 4 is 5.71 Å². The second-order valence-electron chi connectivity index (χ2n) is 13.6. The van der Waals surface area contributed by atoms with Crippen LogP contribution in [0.2, 0.25) is 0 Å². The normalized spacial score (nSPS) is 12.4. The van der Waals surface area contributed by atoms with Gasteiger partial charge in [-0.3, -0.25) is 9.98 Å². The number of rotatable bonds is 7. The number of pyridine rings is 3. The van der Waals surface area contributed by atoms with E-state index in [0.29, 0.717) is 56.4 Å². The summed E-state index contributed by atoms with van der Waals surface area (Å²) < 4.78 is 0. The molecule has 0 aliphatic rings. The maximum absolute atomic E-state index is 11.6. The largest absolute Gasteiger partial charge is 0.507 e. The van der Waals surface area contributed by atoms with Crippen molar-refractivity contribution < 1.29 is 10.2 Å². The smallest absolute Gasteiger partial charge is 0.134 e. The molecule has 0 atom stereocenters. The average Bonchev–Trinajstić information content (AvgIpc) is 3.04. The number of aliphatic imine (C=N–C) groups is 1. The van der Waals surface area contributed by atoms with E-state index in [1.165, 1.54) is 6.20 Å². The molecule has 0 fully saturated rings. The number of phenols is 2. The van der Waals surface area contributed by atoms with E-state index in [9.17, 15) is 10.2 Å². The quantitative estimate of drug-likeness (QED) is 0.176. The summed E-state index contributed by atoms with van der Waals surface area (Å²) >= 11 is 0. The van der Waals surface area contributed by atoms with Gasteiger partial charge >= 0.3 is 0 Å². The van der Waals surface area contributed by atoms with Crippen LogP contribution in [0.15, 0.2) is 115 Å². The SMILES string of the molecule is C=CN=C(/C=C\C)c1cc(C(C)(C)C)cc(-c2cccc(-c3cccc(-c4cc(C(C)(C)C)cc(-c5ccccn5)c4O)n3)n2)c1O. The highest BCUT2D eigenvalue weighted by molar-refractivity contribution is 6.12. The van der Waals surface area contributed by atoms with Crippen LogP contribution in [0.25, 0.3) is 45.2 Å². The van der Waals surface area contributed by atoms with Crippen LogP contribution < -0.4 is 0 Å². The number of hydrogen-bond acceptors (Lipinski definition) is 6. The molecule has 0 aliphatic carbocycles. The maximum Gasteiger partial charge on any atom is 0.134 e. The Bertz CT molecular complexity index is 2000. The lowest BCUT2D eigenvalue weighted by Crippen LogP contribution is -2.13. The number of aromatic hydroxyl groups is 2. The Morgan fingerprint density at radius 1 is 0.660 bits per heavy atom. The molecule has 3 aromatic heterocycles. The Labute approximate surface area is 278 Å². The topological polar surface area (TPSA) is 91.5 Å². The fraction of sp³-hybridized carbons (Fsp3) is 0.220. The Morgan fingerprint density at radius 3 is 1.64 bits per heavy atom.